The van der Waals surface area contributed by atoms with Gasteiger partial charge >= 0.3 is 0 Å². The summed E-state index contributed by atoms with van der Waals surface area (Å²) in [6, 6.07) is 6.42. The summed E-state index contributed by atoms with van der Waals surface area (Å²) < 4.78 is 2.04. The Morgan fingerprint density at radius 2 is 2.08 bits per heavy atom. The molecule has 0 spiro atoms. The lowest BCUT2D eigenvalue weighted by Gasteiger charge is -2.20. The van der Waals surface area contributed by atoms with Gasteiger partial charge in [0.15, 0.2) is 0 Å². The van der Waals surface area contributed by atoms with E-state index in [4.69, 9.17) is 4.98 Å². The Kier molecular flexibility index (Phi) is 3.23. The zero-order valence-corrected chi connectivity index (χ0v) is 13.4. The lowest BCUT2D eigenvalue weighted by Crippen LogP contribution is -2.30. The number of anilines is 1. The van der Waals surface area contributed by atoms with Crippen LogP contribution in [0.2, 0.25) is 0 Å². The second-order valence-electron chi connectivity index (χ2n) is 6.77. The number of hydrogen-bond acceptors (Lipinski definition) is 5. The number of imidazole rings is 1. The van der Waals surface area contributed by atoms with Crippen LogP contribution in [0.4, 0.5) is 5.82 Å². The number of rotatable bonds is 4. The van der Waals surface area contributed by atoms with Crippen LogP contribution in [-0.4, -0.2) is 38.5 Å². The van der Waals surface area contributed by atoms with Crippen molar-refractivity contribution in [2.45, 2.75) is 18.9 Å². The zero-order valence-electron chi connectivity index (χ0n) is 13.4. The summed E-state index contributed by atoms with van der Waals surface area (Å²) in [5, 5.41) is 7.10. The maximum Gasteiger partial charge on any atom is 0.145 e. The van der Waals surface area contributed by atoms with Crippen molar-refractivity contribution in [2.75, 3.05) is 18.4 Å². The van der Waals surface area contributed by atoms with E-state index in [9.17, 15) is 0 Å². The Labute approximate surface area is 140 Å². The molecule has 3 aromatic rings. The van der Waals surface area contributed by atoms with Gasteiger partial charge < -0.3 is 10.6 Å². The third-order valence-corrected chi connectivity index (χ3v) is 5.14. The molecule has 1 aliphatic heterocycles. The van der Waals surface area contributed by atoms with E-state index >= 15 is 0 Å². The smallest absolute Gasteiger partial charge is 0.145 e. The number of aromatic nitrogens is 4. The lowest BCUT2D eigenvalue weighted by atomic mass is 9.98. The molecule has 1 saturated carbocycles. The Balaban J connectivity index is 1.44. The number of nitrogens with zero attached hydrogens (tertiary/aromatic N) is 4. The van der Waals surface area contributed by atoms with Crippen LogP contribution in [0.1, 0.15) is 12.8 Å². The maximum absolute atomic E-state index is 4.78. The third kappa shape index (κ3) is 2.43. The highest BCUT2D eigenvalue weighted by molar-refractivity contribution is 5.60. The van der Waals surface area contributed by atoms with Gasteiger partial charge in [0.1, 0.15) is 17.2 Å². The Morgan fingerprint density at radius 3 is 3.00 bits per heavy atom. The molecular weight excluding hydrogens is 300 g/mol. The highest BCUT2D eigenvalue weighted by atomic mass is 15.1. The highest BCUT2D eigenvalue weighted by Gasteiger charge is 2.39. The summed E-state index contributed by atoms with van der Waals surface area (Å²) in [4.78, 5) is 13.6. The van der Waals surface area contributed by atoms with E-state index in [1.54, 1.807) is 6.20 Å². The van der Waals surface area contributed by atoms with Crippen LogP contribution in [0.3, 0.4) is 0 Å². The average molecular weight is 320 g/mol. The van der Waals surface area contributed by atoms with E-state index in [-0.39, 0.29) is 0 Å². The Hall–Kier alpha value is -2.47. The lowest BCUT2D eigenvalue weighted by molar-refractivity contribution is 0.473. The number of fused-ring (bicyclic) bond motifs is 1. The zero-order chi connectivity index (χ0) is 15.9. The first kappa shape index (κ1) is 13.9. The molecule has 6 heteroatoms. The maximum atomic E-state index is 4.78. The number of hydrogen-bond donors (Lipinski definition) is 2. The molecule has 0 radical (unpaired) electrons. The summed E-state index contributed by atoms with van der Waals surface area (Å²) in [5.41, 5.74) is 2.72. The predicted octanol–water partition coefficient (Wildman–Crippen LogP) is 2.20. The first-order valence-electron chi connectivity index (χ1n) is 8.60. The van der Waals surface area contributed by atoms with Crippen LogP contribution < -0.4 is 10.6 Å². The molecule has 24 heavy (non-hydrogen) atoms. The van der Waals surface area contributed by atoms with Gasteiger partial charge in [-0.25, -0.2) is 9.97 Å². The van der Waals surface area contributed by atoms with E-state index in [0.717, 1.165) is 41.9 Å². The molecule has 122 valence electrons. The minimum absolute atomic E-state index is 0.448. The molecule has 2 N–H and O–H groups in total. The molecule has 1 aliphatic carbocycles. The third-order valence-electron chi connectivity index (χ3n) is 5.14. The van der Waals surface area contributed by atoms with E-state index in [1.165, 1.54) is 12.8 Å². The van der Waals surface area contributed by atoms with Crippen LogP contribution in [0, 0.1) is 11.8 Å². The summed E-state index contributed by atoms with van der Waals surface area (Å²) in [6.07, 6.45) is 10.2. The van der Waals surface area contributed by atoms with Crippen molar-refractivity contribution in [3.8, 4) is 11.4 Å². The molecule has 0 aromatic carbocycles. The van der Waals surface area contributed by atoms with Gasteiger partial charge in [0.05, 0.1) is 24.3 Å². The van der Waals surface area contributed by atoms with E-state index in [2.05, 4.69) is 20.6 Å². The largest absolute Gasteiger partial charge is 0.364 e. The molecule has 1 saturated heterocycles. The molecule has 0 amide bonds. The van der Waals surface area contributed by atoms with Gasteiger partial charge in [0, 0.05) is 25.3 Å². The van der Waals surface area contributed by atoms with Gasteiger partial charge in [0.25, 0.3) is 0 Å². The topological polar surface area (TPSA) is 67.1 Å². The number of nitrogens with one attached hydrogen (secondary N) is 2. The standard InChI is InChI=1S/C18H20N6/c1-2-6-24-16(10-21-18(24)3-1)15-9-20-11-17(23-15)22-14-8-19-7-13(14)12-4-5-12/h1-3,6,9-14,19H,4-5,7-8H2,(H,22,23)/t13-,14-/m0/s1. The molecule has 3 aromatic heterocycles. The van der Waals surface area contributed by atoms with E-state index < -0.39 is 0 Å². The SMILES string of the molecule is c1ccn2c(-c3cncc(N[C@H]4CNC[C@H]4C4CC4)n3)cnc2c1. The average Bonchev–Trinajstić information content (AvgIpc) is 3.20. The van der Waals surface area contributed by atoms with Crippen molar-refractivity contribution in [2.24, 2.45) is 11.8 Å². The highest BCUT2D eigenvalue weighted by Crippen LogP contribution is 2.40. The summed E-state index contributed by atoms with van der Waals surface area (Å²) in [7, 11) is 0. The molecule has 0 bridgehead atoms. The molecule has 4 heterocycles. The van der Waals surface area contributed by atoms with Crippen molar-refractivity contribution < 1.29 is 0 Å². The van der Waals surface area contributed by atoms with Gasteiger partial charge in [-0.3, -0.25) is 9.38 Å². The van der Waals surface area contributed by atoms with Crippen molar-refractivity contribution in [3.05, 3.63) is 43.0 Å². The van der Waals surface area contributed by atoms with Crippen molar-refractivity contribution in [1.82, 2.24) is 24.7 Å². The van der Waals surface area contributed by atoms with Gasteiger partial charge in [-0.15, -0.1) is 0 Å². The fourth-order valence-corrected chi connectivity index (χ4v) is 3.75. The first-order valence-corrected chi connectivity index (χ1v) is 8.60. The van der Waals surface area contributed by atoms with E-state index in [1.807, 2.05) is 41.2 Å². The minimum Gasteiger partial charge on any atom is -0.364 e. The van der Waals surface area contributed by atoms with Gasteiger partial charge in [-0.05, 0) is 36.8 Å². The fourth-order valence-electron chi connectivity index (χ4n) is 3.75. The molecule has 6 nitrogen and oxygen atoms in total. The van der Waals surface area contributed by atoms with Crippen molar-refractivity contribution in [3.63, 3.8) is 0 Å². The van der Waals surface area contributed by atoms with E-state index in [0.29, 0.717) is 12.0 Å². The Bertz CT molecular complexity index is 869. The van der Waals surface area contributed by atoms with Crippen molar-refractivity contribution in [1.29, 1.82) is 0 Å². The molecule has 5 rings (SSSR count). The van der Waals surface area contributed by atoms with Gasteiger partial charge in [0.2, 0.25) is 0 Å². The molecule has 0 unspecified atom stereocenters. The van der Waals surface area contributed by atoms with Crippen molar-refractivity contribution >= 4 is 11.5 Å². The molecular formula is C18H20N6. The van der Waals surface area contributed by atoms with Gasteiger partial charge in [-0.1, -0.05) is 6.07 Å². The second kappa shape index (κ2) is 5.56. The summed E-state index contributed by atoms with van der Waals surface area (Å²) >= 11 is 0. The minimum atomic E-state index is 0.448. The predicted molar refractivity (Wildman–Crippen MR) is 92.7 cm³/mol. The normalized spacial score (nSPS) is 23.7. The quantitative estimate of drug-likeness (QED) is 0.771. The molecule has 2 atom stereocenters. The monoisotopic (exact) mass is 320 g/mol. The van der Waals surface area contributed by atoms with Crippen LogP contribution >= 0.6 is 0 Å². The summed E-state index contributed by atoms with van der Waals surface area (Å²) in [6.45, 7) is 2.12. The van der Waals surface area contributed by atoms with Crippen LogP contribution in [0.15, 0.2) is 43.0 Å². The first-order chi connectivity index (χ1) is 11.9. The van der Waals surface area contributed by atoms with Crippen LogP contribution in [-0.2, 0) is 0 Å². The van der Waals surface area contributed by atoms with Gasteiger partial charge in [-0.2, -0.15) is 0 Å². The molecule has 2 fully saturated rings. The summed E-state index contributed by atoms with van der Waals surface area (Å²) in [5.74, 6) is 2.44. The van der Waals surface area contributed by atoms with Crippen LogP contribution in [0.5, 0.6) is 0 Å². The Morgan fingerprint density at radius 1 is 1.12 bits per heavy atom. The second-order valence-corrected chi connectivity index (χ2v) is 6.77. The fraction of sp³-hybridized carbons (Fsp3) is 0.389. The van der Waals surface area contributed by atoms with Crippen LogP contribution in [0.25, 0.3) is 17.0 Å². The number of pyridine rings is 1. The molecule has 2 aliphatic rings.